The van der Waals surface area contributed by atoms with E-state index in [1.54, 1.807) is 6.92 Å². The molecule has 0 amide bonds. The van der Waals surface area contributed by atoms with E-state index in [4.69, 9.17) is 0 Å². The molecule has 0 saturated heterocycles. The molecule has 0 aromatic heterocycles. The molecule has 2 unspecified atom stereocenters. The summed E-state index contributed by atoms with van der Waals surface area (Å²) in [4.78, 5) is 0. The Labute approximate surface area is 106 Å². The minimum Gasteiger partial charge on any atom is -0.314 e. The van der Waals surface area contributed by atoms with Crippen molar-refractivity contribution < 1.29 is 8.42 Å². The first-order chi connectivity index (χ1) is 8.09. The lowest BCUT2D eigenvalue weighted by atomic mass is 9.83. The maximum Gasteiger partial charge on any atom is 0.150 e. The molecule has 1 saturated carbocycles. The van der Waals surface area contributed by atoms with Crippen molar-refractivity contribution >= 4 is 9.84 Å². The fourth-order valence-corrected chi connectivity index (χ4v) is 3.56. The minimum atomic E-state index is -2.78. The topological polar surface area (TPSA) is 46.2 Å². The molecule has 0 aliphatic heterocycles. The highest BCUT2D eigenvalue weighted by Gasteiger charge is 2.22. The van der Waals surface area contributed by atoms with Crippen LogP contribution in [0.4, 0.5) is 0 Å². The smallest absolute Gasteiger partial charge is 0.150 e. The van der Waals surface area contributed by atoms with E-state index in [2.05, 4.69) is 12.2 Å². The van der Waals surface area contributed by atoms with Crippen molar-refractivity contribution in [1.82, 2.24) is 5.32 Å². The fraction of sp³-hybridized carbons (Fsp3) is 1.00. The fourth-order valence-electron chi connectivity index (χ4n) is 2.69. The van der Waals surface area contributed by atoms with E-state index in [1.807, 2.05) is 0 Å². The van der Waals surface area contributed by atoms with Crippen LogP contribution >= 0.6 is 0 Å². The Morgan fingerprint density at radius 1 is 1.18 bits per heavy atom. The third kappa shape index (κ3) is 5.38. The number of hydrogen-bond acceptors (Lipinski definition) is 3. The average molecular weight is 261 g/mol. The number of hydrogen-bond donors (Lipinski definition) is 1. The Morgan fingerprint density at radius 2 is 1.88 bits per heavy atom. The van der Waals surface area contributed by atoms with Crippen molar-refractivity contribution in [1.29, 1.82) is 0 Å². The van der Waals surface area contributed by atoms with Crippen molar-refractivity contribution in [2.75, 3.05) is 18.1 Å². The van der Waals surface area contributed by atoms with Gasteiger partial charge in [-0.3, -0.25) is 0 Å². The highest BCUT2D eigenvalue weighted by molar-refractivity contribution is 7.91. The third-order valence-corrected chi connectivity index (χ3v) is 5.70. The quantitative estimate of drug-likeness (QED) is 0.716. The van der Waals surface area contributed by atoms with Crippen LogP contribution in [0.5, 0.6) is 0 Å². The van der Waals surface area contributed by atoms with Crippen molar-refractivity contribution in [2.45, 2.75) is 58.4 Å². The van der Waals surface area contributed by atoms with Gasteiger partial charge in [-0.2, -0.15) is 0 Å². The molecular weight excluding hydrogens is 234 g/mol. The maximum absolute atomic E-state index is 11.3. The molecule has 1 aliphatic carbocycles. The van der Waals surface area contributed by atoms with Crippen molar-refractivity contribution in [3.8, 4) is 0 Å². The predicted octanol–water partition coefficient (Wildman–Crippen LogP) is 2.37. The van der Waals surface area contributed by atoms with E-state index < -0.39 is 9.84 Å². The normalized spacial score (nSPS) is 26.0. The van der Waals surface area contributed by atoms with Gasteiger partial charge in [0.05, 0.1) is 5.75 Å². The number of sulfone groups is 1. The Hall–Kier alpha value is -0.0900. The molecule has 1 N–H and O–H groups in total. The maximum atomic E-state index is 11.3. The van der Waals surface area contributed by atoms with Gasteiger partial charge in [0.25, 0.3) is 0 Å². The van der Waals surface area contributed by atoms with Gasteiger partial charge in [-0.15, -0.1) is 0 Å². The zero-order valence-electron chi connectivity index (χ0n) is 11.2. The van der Waals surface area contributed by atoms with Crippen LogP contribution in [0.1, 0.15) is 52.4 Å². The summed E-state index contributed by atoms with van der Waals surface area (Å²) in [5.74, 6) is 1.40. The molecule has 4 heteroatoms. The first kappa shape index (κ1) is 15.0. The third-order valence-electron chi connectivity index (χ3n) is 3.91. The van der Waals surface area contributed by atoms with E-state index in [1.165, 1.54) is 32.1 Å². The summed E-state index contributed by atoms with van der Waals surface area (Å²) < 4.78 is 22.7. The zero-order valence-corrected chi connectivity index (χ0v) is 12.1. The van der Waals surface area contributed by atoms with Crippen LogP contribution in [0.3, 0.4) is 0 Å². The molecule has 0 aromatic rings. The van der Waals surface area contributed by atoms with Crippen LogP contribution in [0.15, 0.2) is 0 Å². The standard InChI is InChI=1S/C13H27NO2S/c1-3-12-8-5-6-9-13(12)14-10-7-11-17(15,16)4-2/h12-14H,3-11H2,1-2H3. The molecule has 1 rings (SSSR count). The summed E-state index contributed by atoms with van der Waals surface area (Å²) in [6.45, 7) is 4.82. The van der Waals surface area contributed by atoms with Crippen LogP contribution in [0.2, 0.25) is 0 Å². The van der Waals surface area contributed by atoms with E-state index >= 15 is 0 Å². The molecule has 0 bridgehead atoms. The second-order valence-electron chi connectivity index (χ2n) is 5.10. The van der Waals surface area contributed by atoms with E-state index in [-0.39, 0.29) is 5.75 Å². The Morgan fingerprint density at radius 3 is 2.53 bits per heavy atom. The molecule has 102 valence electrons. The van der Waals surface area contributed by atoms with E-state index in [0.29, 0.717) is 11.8 Å². The lowest BCUT2D eigenvalue weighted by Crippen LogP contribution is -2.39. The van der Waals surface area contributed by atoms with Crippen molar-refractivity contribution in [2.24, 2.45) is 5.92 Å². The molecule has 1 aliphatic rings. The lowest BCUT2D eigenvalue weighted by Gasteiger charge is -2.31. The molecule has 0 heterocycles. The van der Waals surface area contributed by atoms with Crippen molar-refractivity contribution in [3.63, 3.8) is 0 Å². The number of nitrogens with one attached hydrogen (secondary N) is 1. The molecule has 17 heavy (non-hydrogen) atoms. The van der Waals surface area contributed by atoms with Crippen LogP contribution in [0.25, 0.3) is 0 Å². The average Bonchev–Trinajstić information content (AvgIpc) is 2.35. The van der Waals surface area contributed by atoms with Crippen LogP contribution < -0.4 is 5.32 Å². The predicted molar refractivity (Wildman–Crippen MR) is 73.0 cm³/mol. The summed E-state index contributed by atoms with van der Waals surface area (Å²) in [5, 5.41) is 3.55. The van der Waals surface area contributed by atoms with Gasteiger partial charge < -0.3 is 5.32 Å². The monoisotopic (exact) mass is 261 g/mol. The van der Waals surface area contributed by atoms with Crippen LogP contribution in [0, 0.1) is 5.92 Å². The van der Waals surface area contributed by atoms with Gasteiger partial charge in [-0.05, 0) is 31.7 Å². The van der Waals surface area contributed by atoms with Crippen LogP contribution in [-0.2, 0) is 9.84 Å². The lowest BCUT2D eigenvalue weighted by molar-refractivity contribution is 0.256. The SMILES string of the molecule is CCC1CCCCC1NCCCS(=O)(=O)CC. The minimum absolute atomic E-state index is 0.272. The van der Waals surface area contributed by atoms with Gasteiger partial charge in [-0.25, -0.2) is 8.42 Å². The van der Waals surface area contributed by atoms with Gasteiger partial charge in [0.1, 0.15) is 9.84 Å². The summed E-state index contributed by atoms with van der Waals surface area (Å²) >= 11 is 0. The van der Waals surface area contributed by atoms with Gasteiger partial charge in [0.15, 0.2) is 0 Å². The summed E-state index contributed by atoms with van der Waals surface area (Å²) in [5.41, 5.74) is 0. The molecule has 3 nitrogen and oxygen atoms in total. The summed E-state index contributed by atoms with van der Waals surface area (Å²) in [6.07, 6.45) is 7.27. The Balaban J connectivity index is 2.21. The van der Waals surface area contributed by atoms with Gasteiger partial charge >= 0.3 is 0 Å². The second kappa shape index (κ2) is 7.37. The zero-order chi connectivity index (χ0) is 12.7. The first-order valence-electron chi connectivity index (χ1n) is 7.03. The second-order valence-corrected chi connectivity index (χ2v) is 7.58. The molecule has 0 radical (unpaired) electrons. The molecule has 1 fully saturated rings. The molecule has 2 atom stereocenters. The Kier molecular flexibility index (Phi) is 6.49. The van der Waals surface area contributed by atoms with E-state index in [0.717, 1.165) is 18.9 Å². The number of rotatable bonds is 7. The molecular formula is C13H27NO2S. The molecule has 0 aromatic carbocycles. The van der Waals surface area contributed by atoms with Crippen molar-refractivity contribution in [3.05, 3.63) is 0 Å². The summed E-state index contributed by atoms with van der Waals surface area (Å²) in [7, 11) is -2.78. The molecule has 0 spiro atoms. The van der Waals surface area contributed by atoms with Gasteiger partial charge in [0, 0.05) is 11.8 Å². The first-order valence-corrected chi connectivity index (χ1v) is 8.85. The van der Waals surface area contributed by atoms with E-state index in [9.17, 15) is 8.42 Å². The largest absolute Gasteiger partial charge is 0.314 e. The Bertz CT molecular complexity index is 301. The van der Waals surface area contributed by atoms with Gasteiger partial charge in [0.2, 0.25) is 0 Å². The highest BCUT2D eigenvalue weighted by atomic mass is 32.2. The highest BCUT2D eigenvalue weighted by Crippen LogP contribution is 2.26. The van der Waals surface area contributed by atoms with Gasteiger partial charge in [-0.1, -0.05) is 33.1 Å². The van der Waals surface area contributed by atoms with Crippen LogP contribution in [-0.4, -0.2) is 32.5 Å². The summed E-state index contributed by atoms with van der Waals surface area (Å²) in [6, 6.07) is 0.623.